The minimum Gasteiger partial charge on any atom is -0.396 e. The summed E-state index contributed by atoms with van der Waals surface area (Å²) >= 11 is 1.71. The molecule has 0 aliphatic heterocycles. The smallest absolute Gasteiger partial charge is 0.0449 e. The fourth-order valence-electron chi connectivity index (χ4n) is 1.16. The fourth-order valence-corrected chi connectivity index (χ4v) is 1.57. The first-order chi connectivity index (χ1) is 6.27. The number of aliphatic hydroxyl groups excluding tert-OH is 1. The Morgan fingerprint density at radius 1 is 1.38 bits per heavy atom. The van der Waals surface area contributed by atoms with E-state index in [2.05, 4.69) is 12.1 Å². The molecule has 0 bridgehead atoms. The zero-order chi connectivity index (χ0) is 9.68. The Morgan fingerprint density at radius 2 is 2.00 bits per heavy atom. The van der Waals surface area contributed by atoms with Crippen LogP contribution in [0.4, 0.5) is 0 Å². The van der Waals surface area contributed by atoms with Crippen LogP contribution in [-0.4, -0.2) is 18.0 Å². The van der Waals surface area contributed by atoms with Crippen LogP contribution in [0, 0.1) is 0 Å². The molecule has 3 N–H and O–H groups in total. The first-order valence-corrected chi connectivity index (χ1v) is 5.50. The lowest BCUT2D eigenvalue weighted by Crippen LogP contribution is -2.11. The van der Waals surface area contributed by atoms with Gasteiger partial charge in [-0.2, -0.15) is 0 Å². The normalized spacial score (nSPS) is 12.8. The number of hydrogen-bond donors (Lipinski definition) is 2. The summed E-state index contributed by atoms with van der Waals surface area (Å²) in [6, 6.07) is 8.10. The van der Waals surface area contributed by atoms with Crippen molar-refractivity contribution in [3.8, 4) is 0 Å². The second kappa shape index (κ2) is 5.27. The molecule has 0 spiro atoms. The van der Waals surface area contributed by atoms with Gasteiger partial charge >= 0.3 is 0 Å². The number of rotatable bonds is 4. The lowest BCUT2D eigenvalue weighted by molar-refractivity contribution is 0.276. The molecule has 0 amide bonds. The molecule has 0 radical (unpaired) electrons. The van der Waals surface area contributed by atoms with Crippen LogP contribution in [0.5, 0.6) is 0 Å². The molecule has 0 unspecified atom stereocenters. The van der Waals surface area contributed by atoms with E-state index in [1.807, 2.05) is 18.4 Å². The van der Waals surface area contributed by atoms with Gasteiger partial charge in [0.05, 0.1) is 0 Å². The van der Waals surface area contributed by atoms with Crippen LogP contribution in [0.1, 0.15) is 18.0 Å². The van der Waals surface area contributed by atoms with Gasteiger partial charge in [-0.05, 0) is 30.4 Å². The summed E-state index contributed by atoms with van der Waals surface area (Å²) in [5, 5.41) is 8.71. The lowest BCUT2D eigenvalue weighted by Gasteiger charge is -2.10. The Balaban J connectivity index is 2.67. The van der Waals surface area contributed by atoms with Crippen molar-refractivity contribution in [2.45, 2.75) is 17.4 Å². The maximum atomic E-state index is 8.71. The Hall–Kier alpha value is -0.510. The SMILES string of the molecule is CSc1ccc([C@H](N)CCO)cc1. The highest BCUT2D eigenvalue weighted by atomic mass is 32.2. The van der Waals surface area contributed by atoms with Crippen molar-refractivity contribution < 1.29 is 5.11 Å². The predicted molar refractivity (Wildman–Crippen MR) is 56.9 cm³/mol. The second-order valence-electron chi connectivity index (χ2n) is 2.89. The Kier molecular flexibility index (Phi) is 4.28. The third kappa shape index (κ3) is 3.03. The van der Waals surface area contributed by atoms with Crippen molar-refractivity contribution in [3.05, 3.63) is 29.8 Å². The van der Waals surface area contributed by atoms with E-state index in [1.165, 1.54) is 4.90 Å². The van der Waals surface area contributed by atoms with Crippen LogP contribution in [0.3, 0.4) is 0 Å². The van der Waals surface area contributed by atoms with Gasteiger partial charge in [0, 0.05) is 17.5 Å². The molecule has 13 heavy (non-hydrogen) atoms. The topological polar surface area (TPSA) is 46.2 Å². The van der Waals surface area contributed by atoms with Crippen LogP contribution in [-0.2, 0) is 0 Å². The molecule has 1 aromatic rings. The molecule has 1 rings (SSSR count). The van der Waals surface area contributed by atoms with Crippen LogP contribution >= 0.6 is 11.8 Å². The third-order valence-electron chi connectivity index (χ3n) is 1.98. The van der Waals surface area contributed by atoms with Crippen molar-refractivity contribution in [1.82, 2.24) is 0 Å². The average Bonchev–Trinajstić information content (AvgIpc) is 2.18. The standard InChI is InChI=1S/C10H15NOS/c1-13-9-4-2-8(3-5-9)10(11)6-7-12/h2-5,10,12H,6-7,11H2,1H3/t10-/m1/s1. The van der Waals surface area contributed by atoms with Crippen molar-refractivity contribution in [2.24, 2.45) is 5.73 Å². The molecule has 0 aliphatic carbocycles. The Labute approximate surface area is 83.1 Å². The maximum absolute atomic E-state index is 8.71. The zero-order valence-corrected chi connectivity index (χ0v) is 8.55. The van der Waals surface area contributed by atoms with E-state index < -0.39 is 0 Å². The van der Waals surface area contributed by atoms with E-state index in [9.17, 15) is 0 Å². The molecule has 2 nitrogen and oxygen atoms in total. The first-order valence-electron chi connectivity index (χ1n) is 4.28. The number of benzene rings is 1. The average molecular weight is 197 g/mol. The number of thioether (sulfide) groups is 1. The molecule has 1 aromatic carbocycles. The Bertz CT molecular complexity index is 248. The molecule has 3 heteroatoms. The van der Waals surface area contributed by atoms with Gasteiger partial charge in [-0.15, -0.1) is 11.8 Å². The van der Waals surface area contributed by atoms with Gasteiger partial charge in [0.25, 0.3) is 0 Å². The summed E-state index contributed by atoms with van der Waals surface area (Å²) < 4.78 is 0. The van der Waals surface area contributed by atoms with Crippen LogP contribution in [0.2, 0.25) is 0 Å². The van der Waals surface area contributed by atoms with Crippen LogP contribution in [0.25, 0.3) is 0 Å². The van der Waals surface area contributed by atoms with Crippen molar-refractivity contribution in [2.75, 3.05) is 12.9 Å². The first kappa shape index (κ1) is 10.6. The quantitative estimate of drug-likeness (QED) is 0.723. The van der Waals surface area contributed by atoms with E-state index in [-0.39, 0.29) is 12.6 Å². The summed E-state index contributed by atoms with van der Waals surface area (Å²) in [5.41, 5.74) is 6.92. The summed E-state index contributed by atoms with van der Waals surface area (Å²) in [7, 11) is 0. The molecular weight excluding hydrogens is 182 g/mol. The van der Waals surface area contributed by atoms with E-state index >= 15 is 0 Å². The molecule has 0 saturated carbocycles. The summed E-state index contributed by atoms with van der Waals surface area (Å²) in [6.07, 6.45) is 2.67. The minimum absolute atomic E-state index is 0.0408. The minimum atomic E-state index is -0.0408. The number of aliphatic hydroxyl groups is 1. The van der Waals surface area contributed by atoms with Gasteiger partial charge in [-0.1, -0.05) is 12.1 Å². The molecule has 0 aliphatic rings. The third-order valence-corrected chi connectivity index (χ3v) is 2.73. The monoisotopic (exact) mass is 197 g/mol. The summed E-state index contributed by atoms with van der Waals surface area (Å²) in [4.78, 5) is 1.24. The lowest BCUT2D eigenvalue weighted by atomic mass is 10.1. The molecule has 0 aromatic heterocycles. The molecule has 0 heterocycles. The largest absolute Gasteiger partial charge is 0.396 e. The second-order valence-corrected chi connectivity index (χ2v) is 3.77. The number of hydrogen-bond acceptors (Lipinski definition) is 3. The molecule has 1 atom stereocenters. The summed E-state index contributed by atoms with van der Waals surface area (Å²) in [6.45, 7) is 0.144. The van der Waals surface area contributed by atoms with Gasteiger partial charge in [0.15, 0.2) is 0 Å². The van der Waals surface area contributed by atoms with Crippen LogP contribution in [0.15, 0.2) is 29.2 Å². The van der Waals surface area contributed by atoms with E-state index in [0.29, 0.717) is 6.42 Å². The Morgan fingerprint density at radius 3 is 2.46 bits per heavy atom. The summed E-state index contributed by atoms with van der Waals surface area (Å²) in [5.74, 6) is 0. The van der Waals surface area contributed by atoms with E-state index in [1.54, 1.807) is 11.8 Å². The van der Waals surface area contributed by atoms with E-state index in [4.69, 9.17) is 10.8 Å². The highest BCUT2D eigenvalue weighted by Gasteiger charge is 2.03. The van der Waals surface area contributed by atoms with Gasteiger partial charge in [-0.3, -0.25) is 0 Å². The van der Waals surface area contributed by atoms with Crippen molar-refractivity contribution in [3.63, 3.8) is 0 Å². The maximum Gasteiger partial charge on any atom is 0.0449 e. The van der Waals surface area contributed by atoms with Gasteiger partial charge in [0.2, 0.25) is 0 Å². The van der Waals surface area contributed by atoms with Gasteiger partial charge in [-0.25, -0.2) is 0 Å². The fraction of sp³-hybridized carbons (Fsp3) is 0.400. The molecule has 72 valence electrons. The molecular formula is C10H15NOS. The zero-order valence-electron chi connectivity index (χ0n) is 7.73. The van der Waals surface area contributed by atoms with Gasteiger partial charge in [0.1, 0.15) is 0 Å². The predicted octanol–water partition coefficient (Wildman–Crippen LogP) is 1.79. The van der Waals surface area contributed by atoms with Crippen molar-refractivity contribution >= 4 is 11.8 Å². The highest BCUT2D eigenvalue weighted by Crippen LogP contribution is 2.19. The van der Waals surface area contributed by atoms with Gasteiger partial charge < -0.3 is 10.8 Å². The highest BCUT2D eigenvalue weighted by molar-refractivity contribution is 7.98. The molecule has 0 fully saturated rings. The van der Waals surface area contributed by atoms with Crippen molar-refractivity contribution in [1.29, 1.82) is 0 Å². The molecule has 0 saturated heterocycles. The number of nitrogens with two attached hydrogens (primary N) is 1. The van der Waals surface area contributed by atoms with Crippen LogP contribution < -0.4 is 5.73 Å². The van der Waals surface area contributed by atoms with E-state index in [0.717, 1.165) is 5.56 Å².